The van der Waals surface area contributed by atoms with Crippen molar-refractivity contribution in [1.82, 2.24) is 19.9 Å². The third-order valence-corrected chi connectivity index (χ3v) is 4.11. The second-order valence-corrected chi connectivity index (χ2v) is 5.69. The van der Waals surface area contributed by atoms with Crippen LogP contribution in [-0.4, -0.2) is 20.4 Å². The van der Waals surface area contributed by atoms with E-state index in [0.29, 0.717) is 17.9 Å². The first-order chi connectivity index (χ1) is 12.2. The number of para-hydroxylation sites is 1. The molecule has 0 bridgehead atoms. The lowest BCUT2D eigenvalue weighted by Gasteiger charge is -2.09. The van der Waals surface area contributed by atoms with Crippen LogP contribution in [0.4, 0.5) is 0 Å². The van der Waals surface area contributed by atoms with Crippen molar-refractivity contribution in [2.24, 2.45) is 0 Å². The maximum atomic E-state index is 12.6. The molecule has 0 saturated heterocycles. The average molecular weight is 332 g/mol. The zero-order valence-corrected chi connectivity index (χ0v) is 13.6. The predicted molar refractivity (Wildman–Crippen MR) is 93.5 cm³/mol. The van der Waals surface area contributed by atoms with Crippen molar-refractivity contribution in [3.05, 3.63) is 78.2 Å². The summed E-state index contributed by atoms with van der Waals surface area (Å²) < 4.78 is 7.52. The number of carbonyl (C=O) groups is 1. The highest BCUT2D eigenvalue weighted by Gasteiger charge is 2.17. The van der Waals surface area contributed by atoms with Crippen LogP contribution in [0.5, 0.6) is 0 Å². The van der Waals surface area contributed by atoms with Gasteiger partial charge >= 0.3 is 0 Å². The fraction of sp³-hybridized carbons (Fsp3) is 0.105. The Morgan fingerprint density at radius 1 is 1.20 bits per heavy atom. The fourth-order valence-corrected chi connectivity index (χ4v) is 2.83. The second kappa shape index (κ2) is 6.24. The molecule has 1 amide bonds. The normalized spacial score (nSPS) is 10.9. The summed E-state index contributed by atoms with van der Waals surface area (Å²) in [6.07, 6.45) is 6.90. The average Bonchev–Trinajstić information content (AvgIpc) is 3.29. The number of benzene rings is 1. The first-order valence-electron chi connectivity index (χ1n) is 7.92. The van der Waals surface area contributed by atoms with Crippen LogP contribution in [0.1, 0.15) is 21.7 Å². The van der Waals surface area contributed by atoms with E-state index in [0.717, 1.165) is 22.3 Å². The zero-order chi connectivity index (χ0) is 17.2. The molecule has 3 aromatic heterocycles. The maximum absolute atomic E-state index is 12.6. The Balaban J connectivity index is 1.57. The first-order valence-corrected chi connectivity index (χ1v) is 7.92. The molecule has 25 heavy (non-hydrogen) atoms. The number of rotatable bonds is 4. The Bertz CT molecular complexity index is 1030. The Hall–Kier alpha value is -3.41. The van der Waals surface area contributed by atoms with Gasteiger partial charge in [0.05, 0.1) is 0 Å². The molecule has 0 radical (unpaired) electrons. The van der Waals surface area contributed by atoms with Crippen molar-refractivity contribution in [2.45, 2.75) is 13.5 Å². The third-order valence-electron chi connectivity index (χ3n) is 4.11. The molecule has 4 aromatic rings. The Morgan fingerprint density at radius 3 is 2.88 bits per heavy atom. The Morgan fingerprint density at radius 2 is 2.08 bits per heavy atom. The van der Waals surface area contributed by atoms with Crippen molar-refractivity contribution in [2.75, 3.05) is 0 Å². The molecule has 3 heterocycles. The number of amides is 1. The summed E-state index contributed by atoms with van der Waals surface area (Å²) in [4.78, 5) is 21.0. The van der Waals surface area contributed by atoms with Gasteiger partial charge in [-0.25, -0.2) is 9.97 Å². The smallest absolute Gasteiger partial charge is 0.287 e. The molecule has 0 aliphatic heterocycles. The quantitative estimate of drug-likeness (QED) is 0.622. The molecule has 1 N–H and O–H groups in total. The number of nitrogens with zero attached hydrogens (tertiary/aromatic N) is 3. The first kappa shape index (κ1) is 15.1. The minimum atomic E-state index is -0.242. The second-order valence-electron chi connectivity index (χ2n) is 5.69. The van der Waals surface area contributed by atoms with Gasteiger partial charge in [0, 0.05) is 41.6 Å². The van der Waals surface area contributed by atoms with Crippen LogP contribution in [0.2, 0.25) is 0 Å². The SMILES string of the molecule is Cc1c(C(=O)NCc2cccnc2-n2ccnc2)oc2ccccc12. The van der Waals surface area contributed by atoms with Crippen LogP contribution in [0.3, 0.4) is 0 Å². The molecule has 0 fully saturated rings. The van der Waals surface area contributed by atoms with E-state index >= 15 is 0 Å². The molecular formula is C19H16N4O2. The van der Waals surface area contributed by atoms with Gasteiger partial charge in [0.15, 0.2) is 5.76 Å². The van der Waals surface area contributed by atoms with E-state index in [9.17, 15) is 4.79 Å². The molecule has 1 aromatic carbocycles. The lowest BCUT2D eigenvalue weighted by atomic mass is 10.1. The molecule has 124 valence electrons. The minimum Gasteiger partial charge on any atom is -0.451 e. The summed E-state index contributed by atoms with van der Waals surface area (Å²) >= 11 is 0. The van der Waals surface area contributed by atoms with E-state index < -0.39 is 0 Å². The van der Waals surface area contributed by atoms with E-state index in [4.69, 9.17) is 4.42 Å². The van der Waals surface area contributed by atoms with E-state index in [1.165, 1.54) is 0 Å². The lowest BCUT2D eigenvalue weighted by Crippen LogP contribution is -2.23. The molecule has 0 spiro atoms. The number of aromatic nitrogens is 3. The molecule has 0 saturated carbocycles. The number of nitrogens with one attached hydrogen (secondary N) is 1. The van der Waals surface area contributed by atoms with Crippen LogP contribution < -0.4 is 5.32 Å². The minimum absolute atomic E-state index is 0.242. The van der Waals surface area contributed by atoms with E-state index in [-0.39, 0.29) is 5.91 Å². The van der Waals surface area contributed by atoms with E-state index in [1.54, 1.807) is 18.7 Å². The van der Waals surface area contributed by atoms with Crippen LogP contribution >= 0.6 is 0 Å². The van der Waals surface area contributed by atoms with Gasteiger partial charge in [0.1, 0.15) is 17.7 Å². The van der Waals surface area contributed by atoms with Crippen molar-refractivity contribution in [3.63, 3.8) is 0 Å². The van der Waals surface area contributed by atoms with Gasteiger partial charge in [-0.05, 0) is 19.1 Å². The number of aryl methyl sites for hydroxylation is 1. The third kappa shape index (κ3) is 2.78. The number of hydrogen-bond acceptors (Lipinski definition) is 4. The van der Waals surface area contributed by atoms with Gasteiger partial charge in [-0.3, -0.25) is 9.36 Å². The van der Waals surface area contributed by atoms with Gasteiger partial charge in [-0.1, -0.05) is 24.3 Å². The zero-order valence-electron chi connectivity index (χ0n) is 13.6. The maximum Gasteiger partial charge on any atom is 0.287 e. The summed E-state index contributed by atoms with van der Waals surface area (Å²) in [7, 11) is 0. The fourth-order valence-electron chi connectivity index (χ4n) is 2.83. The van der Waals surface area contributed by atoms with Crippen LogP contribution in [0.15, 0.2) is 65.7 Å². The van der Waals surface area contributed by atoms with E-state index in [1.807, 2.05) is 54.1 Å². The number of fused-ring (bicyclic) bond motifs is 1. The topological polar surface area (TPSA) is 73.0 Å². The standard InChI is InChI=1S/C19H16N4O2/c1-13-15-6-2-3-7-16(15)25-17(13)19(24)22-11-14-5-4-8-21-18(14)23-10-9-20-12-23/h2-10,12H,11H2,1H3,(H,22,24). The Labute approximate surface area is 144 Å². The Kier molecular flexibility index (Phi) is 3.78. The van der Waals surface area contributed by atoms with Crippen molar-refractivity contribution in [1.29, 1.82) is 0 Å². The highest BCUT2D eigenvalue weighted by molar-refractivity contribution is 5.98. The molecule has 4 rings (SSSR count). The largest absolute Gasteiger partial charge is 0.451 e. The summed E-state index contributed by atoms with van der Waals surface area (Å²) in [5.74, 6) is 0.838. The highest BCUT2D eigenvalue weighted by atomic mass is 16.3. The van der Waals surface area contributed by atoms with Crippen molar-refractivity contribution >= 4 is 16.9 Å². The number of pyridine rings is 1. The predicted octanol–water partition coefficient (Wildman–Crippen LogP) is 3.25. The van der Waals surface area contributed by atoms with Gasteiger partial charge in [-0.15, -0.1) is 0 Å². The van der Waals surface area contributed by atoms with Crippen LogP contribution in [0, 0.1) is 6.92 Å². The summed E-state index contributed by atoms with van der Waals surface area (Å²) in [5, 5.41) is 3.86. The van der Waals surface area contributed by atoms with E-state index in [2.05, 4.69) is 15.3 Å². The van der Waals surface area contributed by atoms with Gasteiger partial charge in [0.25, 0.3) is 5.91 Å². The number of hydrogen-bond donors (Lipinski definition) is 1. The molecule has 0 aliphatic rings. The monoisotopic (exact) mass is 332 g/mol. The molecule has 0 atom stereocenters. The van der Waals surface area contributed by atoms with Crippen molar-refractivity contribution < 1.29 is 9.21 Å². The van der Waals surface area contributed by atoms with Crippen molar-refractivity contribution in [3.8, 4) is 5.82 Å². The molecule has 0 unspecified atom stereocenters. The summed E-state index contributed by atoms with van der Waals surface area (Å²) in [6.45, 7) is 2.23. The number of furan rings is 1. The molecular weight excluding hydrogens is 316 g/mol. The molecule has 6 heteroatoms. The van der Waals surface area contributed by atoms with Crippen LogP contribution in [0.25, 0.3) is 16.8 Å². The number of imidazole rings is 1. The summed E-state index contributed by atoms with van der Waals surface area (Å²) in [6, 6.07) is 11.4. The summed E-state index contributed by atoms with van der Waals surface area (Å²) in [5.41, 5.74) is 2.45. The van der Waals surface area contributed by atoms with Gasteiger partial charge in [-0.2, -0.15) is 0 Å². The number of carbonyl (C=O) groups excluding carboxylic acids is 1. The van der Waals surface area contributed by atoms with Gasteiger partial charge < -0.3 is 9.73 Å². The molecule has 0 aliphatic carbocycles. The van der Waals surface area contributed by atoms with Gasteiger partial charge in [0.2, 0.25) is 0 Å². The van der Waals surface area contributed by atoms with Crippen LogP contribution in [-0.2, 0) is 6.54 Å². The lowest BCUT2D eigenvalue weighted by molar-refractivity contribution is 0.0924. The highest BCUT2D eigenvalue weighted by Crippen LogP contribution is 2.24. The molecule has 6 nitrogen and oxygen atoms in total.